The molecule has 0 bridgehead atoms. The summed E-state index contributed by atoms with van der Waals surface area (Å²) in [7, 11) is 1.51. The second-order valence-electron chi connectivity index (χ2n) is 7.37. The number of hydrogen-bond acceptors (Lipinski definition) is 4. The van der Waals surface area contributed by atoms with E-state index in [1.54, 1.807) is 48.5 Å². The van der Waals surface area contributed by atoms with E-state index in [-0.39, 0.29) is 11.6 Å². The molecule has 0 amide bonds. The molecular formula is C24H17Cl2F2N3O3. The van der Waals surface area contributed by atoms with Crippen LogP contribution in [-0.4, -0.2) is 33.2 Å². The van der Waals surface area contributed by atoms with Gasteiger partial charge in [0.1, 0.15) is 11.4 Å². The van der Waals surface area contributed by atoms with E-state index >= 15 is 8.78 Å². The quantitative estimate of drug-likeness (QED) is 0.327. The maximum absolute atomic E-state index is 15.7. The molecule has 0 radical (unpaired) electrons. The number of nitrogens with zero attached hydrogens (tertiary/aromatic N) is 3. The number of alkyl halides is 2. The van der Waals surface area contributed by atoms with Crippen molar-refractivity contribution in [1.82, 2.24) is 15.0 Å². The van der Waals surface area contributed by atoms with Crippen molar-refractivity contribution in [2.24, 2.45) is 0 Å². The second-order valence-corrected chi connectivity index (χ2v) is 8.22. The van der Waals surface area contributed by atoms with Crippen LogP contribution in [-0.2, 0) is 12.5 Å². The van der Waals surface area contributed by atoms with Crippen LogP contribution in [0.3, 0.4) is 0 Å². The Balaban J connectivity index is 1.74. The third-order valence-electron chi connectivity index (χ3n) is 5.21. The second kappa shape index (κ2) is 9.40. The molecule has 10 heteroatoms. The summed E-state index contributed by atoms with van der Waals surface area (Å²) in [6.07, 6.45) is 0. The number of rotatable bonds is 7. The van der Waals surface area contributed by atoms with Gasteiger partial charge in [-0.3, -0.25) is 0 Å². The summed E-state index contributed by atoms with van der Waals surface area (Å²) in [5.74, 6) is -4.76. The lowest BCUT2D eigenvalue weighted by Gasteiger charge is -2.20. The predicted molar refractivity (Wildman–Crippen MR) is 124 cm³/mol. The Morgan fingerprint density at radius 1 is 1.06 bits per heavy atom. The fourth-order valence-corrected chi connectivity index (χ4v) is 3.91. The molecule has 0 aliphatic carbocycles. The highest BCUT2D eigenvalue weighted by Crippen LogP contribution is 2.40. The number of carboxylic acids is 1. The fourth-order valence-electron chi connectivity index (χ4n) is 3.49. The smallest absolute Gasteiger partial charge is 0.358 e. The number of methoxy groups -OCH3 is 1. The molecule has 174 valence electrons. The molecule has 4 rings (SSSR count). The van der Waals surface area contributed by atoms with E-state index in [0.717, 1.165) is 10.7 Å². The van der Waals surface area contributed by atoms with Crippen LogP contribution in [0.2, 0.25) is 10.0 Å². The van der Waals surface area contributed by atoms with Crippen LogP contribution in [0.5, 0.6) is 5.75 Å². The SMILES string of the molecule is COc1ccc(Cn2nnc(C(=O)O)c2C(F)(F)c2ccc(-c3ccc(Cl)cc3)c(Cl)c2)cc1. The van der Waals surface area contributed by atoms with Crippen LogP contribution < -0.4 is 4.74 Å². The lowest BCUT2D eigenvalue weighted by Crippen LogP contribution is -2.24. The minimum absolute atomic E-state index is 0.0746. The van der Waals surface area contributed by atoms with Crippen molar-refractivity contribution in [3.8, 4) is 16.9 Å². The maximum atomic E-state index is 15.7. The zero-order chi connectivity index (χ0) is 24.5. The van der Waals surface area contributed by atoms with Crippen LogP contribution in [0.1, 0.15) is 27.3 Å². The van der Waals surface area contributed by atoms with E-state index in [2.05, 4.69) is 10.3 Å². The van der Waals surface area contributed by atoms with Crippen molar-refractivity contribution in [2.45, 2.75) is 12.5 Å². The van der Waals surface area contributed by atoms with Crippen molar-refractivity contribution in [3.63, 3.8) is 0 Å². The molecular weight excluding hydrogens is 487 g/mol. The van der Waals surface area contributed by atoms with E-state index in [4.69, 9.17) is 27.9 Å². The van der Waals surface area contributed by atoms with Gasteiger partial charge in [0.05, 0.1) is 13.7 Å². The van der Waals surface area contributed by atoms with E-state index in [1.165, 1.54) is 19.2 Å². The zero-order valence-corrected chi connectivity index (χ0v) is 19.2. The van der Waals surface area contributed by atoms with Gasteiger partial charge >= 0.3 is 11.9 Å². The molecule has 0 aliphatic rings. The molecule has 0 saturated carbocycles. The summed E-state index contributed by atoms with van der Waals surface area (Å²) in [4.78, 5) is 11.7. The third-order valence-corrected chi connectivity index (χ3v) is 5.78. The van der Waals surface area contributed by atoms with Gasteiger partial charge in [0.25, 0.3) is 0 Å². The molecule has 0 fully saturated rings. The van der Waals surface area contributed by atoms with Crippen molar-refractivity contribution >= 4 is 29.2 Å². The Morgan fingerprint density at radius 3 is 2.32 bits per heavy atom. The Morgan fingerprint density at radius 2 is 1.74 bits per heavy atom. The monoisotopic (exact) mass is 503 g/mol. The van der Waals surface area contributed by atoms with Gasteiger partial charge in [0, 0.05) is 21.2 Å². The zero-order valence-electron chi connectivity index (χ0n) is 17.7. The first-order valence-corrected chi connectivity index (χ1v) is 10.7. The van der Waals surface area contributed by atoms with Crippen molar-refractivity contribution in [1.29, 1.82) is 0 Å². The van der Waals surface area contributed by atoms with Gasteiger partial charge in [0.15, 0.2) is 5.69 Å². The molecule has 1 heterocycles. The summed E-state index contributed by atoms with van der Waals surface area (Å²) in [5.41, 5.74) is -0.336. The summed E-state index contributed by atoms with van der Waals surface area (Å²) >= 11 is 12.2. The molecule has 0 atom stereocenters. The fraction of sp³-hybridized carbons (Fsp3) is 0.125. The highest BCUT2D eigenvalue weighted by Gasteiger charge is 2.43. The number of ether oxygens (including phenoxy) is 1. The van der Waals surface area contributed by atoms with Gasteiger partial charge in [0.2, 0.25) is 0 Å². The van der Waals surface area contributed by atoms with Gasteiger partial charge in [-0.1, -0.05) is 64.8 Å². The summed E-state index contributed by atoms with van der Waals surface area (Å²) in [6, 6.07) is 17.2. The van der Waals surface area contributed by atoms with Gasteiger partial charge in [-0.25, -0.2) is 9.48 Å². The lowest BCUT2D eigenvalue weighted by molar-refractivity contribution is 0.0302. The van der Waals surface area contributed by atoms with Crippen LogP contribution in [0, 0.1) is 0 Å². The van der Waals surface area contributed by atoms with Crippen molar-refractivity contribution in [2.75, 3.05) is 7.11 Å². The minimum Gasteiger partial charge on any atom is -0.497 e. The average molecular weight is 504 g/mol. The Hall–Kier alpha value is -3.49. The van der Waals surface area contributed by atoms with E-state index in [1.807, 2.05) is 0 Å². The Labute approximate surface area is 203 Å². The first-order chi connectivity index (χ1) is 16.2. The van der Waals surface area contributed by atoms with Crippen LogP contribution in [0.25, 0.3) is 11.1 Å². The highest BCUT2D eigenvalue weighted by atomic mass is 35.5. The summed E-state index contributed by atoms with van der Waals surface area (Å²) in [6.45, 7) is -0.119. The van der Waals surface area contributed by atoms with Crippen LogP contribution in [0.4, 0.5) is 8.78 Å². The van der Waals surface area contributed by atoms with Gasteiger partial charge in [-0.15, -0.1) is 5.10 Å². The van der Waals surface area contributed by atoms with E-state index in [9.17, 15) is 9.90 Å². The molecule has 1 N–H and O–H groups in total. The first kappa shape index (κ1) is 23.7. The molecule has 0 unspecified atom stereocenters. The summed E-state index contributed by atoms with van der Waals surface area (Å²) < 4.78 is 37.4. The van der Waals surface area contributed by atoms with Gasteiger partial charge in [-0.2, -0.15) is 8.78 Å². The topological polar surface area (TPSA) is 77.2 Å². The van der Waals surface area contributed by atoms with E-state index in [0.29, 0.717) is 27.5 Å². The standard InChI is InChI=1S/C24H17Cl2F2N3O3/c1-34-18-9-2-14(3-10-18)13-31-22(21(23(32)33)29-30-31)24(27,28)16-6-11-19(20(26)12-16)15-4-7-17(25)8-5-15/h2-12H,13H2,1H3,(H,32,33). The van der Waals surface area contributed by atoms with Gasteiger partial charge < -0.3 is 9.84 Å². The molecule has 6 nitrogen and oxygen atoms in total. The molecule has 1 aromatic heterocycles. The van der Waals surface area contributed by atoms with Crippen LogP contribution >= 0.6 is 23.2 Å². The molecule has 0 saturated heterocycles. The Bertz CT molecular complexity index is 1340. The Kier molecular flexibility index (Phi) is 6.54. The normalized spacial score (nSPS) is 11.4. The molecule has 0 spiro atoms. The molecule has 3 aromatic carbocycles. The highest BCUT2D eigenvalue weighted by molar-refractivity contribution is 6.33. The van der Waals surface area contributed by atoms with Gasteiger partial charge in [-0.05, 0) is 41.5 Å². The number of aromatic carboxylic acids is 1. The minimum atomic E-state index is -3.74. The average Bonchev–Trinajstić information content (AvgIpc) is 3.25. The number of halogens is 4. The molecule has 0 aliphatic heterocycles. The third kappa shape index (κ3) is 4.60. The number of benzene rings is 3. The van der Waals surface area contributed by atoms with Crippen molar-refractivity contribution in [3.05, 3.63) is 99.3 Å². The summed E-state index contributed by atoms with van der Waals surface area (Å²) in [5, 5.41) is 17.3. The number of hydrogen-bond donors (Lipinski definition) is 1. The largest absolute Gasteiger partial charge is 0.497 e. The number of carboxylic acid groups (broad SMARTS) is 1. The van der Waals surface area contributed by atoms with Crippen LogP contribution in [0.15, 0.2) is 66.7 Å². The first-order valence-electron chi connectivity index (χ1n) is 9.94. The van der Waals surface area contributed by atoms with E-state index < -0.39 is 28.8 Å². The maximum Gasteiger partial charge on any atom is 0.358 e. The molecule has 34 heavy (non-hydrogen) atoms. The number of aromatic nitrogens is 3. The predicted octanol–water partition coefficient (Wildman–Crippen LogP) is 6.15. The molecule has 4 aromatic rings. The van der Waals surface area contributed by atoms with Crippen molar-refractivity contribution < 1.29 is 23.4 Å². The number of carbonyl (C=O) groups is 1. The lowest BCUT2D eigenvalue weighted by atomic mass is 9.98.